The van der Waals surface area contributed by atoms with Gasteiger partial charge in [-0.3, -0.25) is 4.79 Å². The second-order valence-electron chi connectivity index (χ2n) is 4.77. The number of halogens is 1. The monoisotopic (exact) mass is 304 g/mol. The molecule has 0 heterocycles. The Bertz CT molecular complexity index is 646. The number of carbonyl (C=O) groups excluding carboxylic acids is 1. The van der Waals surface area contributed by atoms with Crippen molar-refractivity contribution in [2.24, 2.45) is 0 Å². The fraction of sp³-hybridized carbons (Fsp3) is 0.188. The third kappa shape index (κ3) is 4.79. The number of thioether (sulfide) groups is 1. The zero-order valence-electron chi connectivity index (χ0n) is 11.7. The Hall–Kier alpha value is -2.01. The number of amides is 1. The second-order valence-corrected chi connectivity index (χ2v) is 5.75. The molecule has 5 heteroatoms. The molecule has 110 valence electrons. The minimum Gasteiger partial charge on any atom is -0.399 e. The molecule has 3 N–H and O–H groups in total. The third-order valence-electron chi connectivity index (χ3n) is 2.85. The van der Waals surface area contributed by atoms with Crippen molar-refractivity contribution in [2.45, 2.75) is 12.7 Å². The summed E-state index contributed by atoms with van der Waals surface area (Å²) in [6.45, 7) is 2.03. The summed E-state index contributed by atoms with van der Waals surface area (Å²) in [5.41, 5.74) is 8.47. The van der Waals surface area contributed by atoms with Crippen LogP contribution in [0.1, 0.15) is 11.1 Å². The topological polar surface area (TPSA) is 55.1 Å². The number of rotatable bonds is 5. The lowest BCUT2D eigenvalue weighted by molar-refractivity contribution is -0.113. The van der Waals surface area contributed by atoms with Gasteiger partial charge in [-0.1, -0.05) is 29.8 Å². The van der Waals surface area contributed by atoms with Crippen LogP contribution >= 0.6 is 11.8 Å². The zero-order valence-corrected chi connectivity index (χ0v) is 12.5. The van der Waals surface area contributed by atoms with Gasteiger partial charge in [0.2, 0.25) is 5.91 Å². The molecule has 2 rings (SSSR count). The lowest BCUT2D eigenvalue weighted by Crippen LogP contribution is -2.15. The highest BCUT2D eigenvalue weighted by Gasteiger charge is 2.07. The van der Waals surface area contributed by atoms with Crippen molar-refractivity contribution in [3.63, 3.8) is 0 Å². The molecule has 0 spiro atoms. The number of hydrogen-bond acceptors (Lipinski definition) is 3. The van der Waals surface area contributed by atoms with Gasteiger partial charge in [-0.05, 0) is 30.7 Å². The first-order valence-corrected chi connectivity index (χ1v) is 7.68. The maximum atomic E-state index is 13.5. The highest BCUT2D eigenvalue weighted by atomic mass is 32.2. The molecule has 0 saturated heterocycles. The number of nitrogen functional groups attached to an aromatic ring is 1. The highest BCUT2D eigenvalue weighted by Crippen LogP contribution is 2.18. The summed E-state index contributed by atoms with van der Waals surface area (Å²) in [5.74, 6) is 0.287. The van der Waals surface area contributed by atoms with Crippen LogP contribution in [-0.4, -0.2) is 11.7 Å². The summed E-state index contributed by atoms with van der Waals surface area (Å²) < 4.78 is 13.5. The molecular formula is C16H17FN2OS. The van der Waals surface area contributed by atoms with Crippen LogP contribution in [0.25, 0.3) is 0 Å². The van der Waals surface area contributed by atoms with E-state index in [9.17, 15) is 9.18 Å². The predicted octanol–water partition coefficient (Wildman–Crippen LogP) is 3.59. The van der Waals surface area contributed by atoms with Crippen molar-refractivity contribution in [1.29, 1.82) is 0 Å². The first kappa shape index (κ1) is 15.4. The van der Waals surface area contributed by atoms with Gasteiger partial charge >= 0.3 is 0 Å². The van der Waals surface area contributed by atoms with Gasteiger partial charge < -0.3 is 11.1 Å². The Balaban J connectivity index is 1.84. The molecule has 0 fully saturated rings. The molecule has 0 bridgehead atoms. The molecule has 0 atom stereocenters. The number of nitrogens with two attached hydrogens (primary N) is 1. The summed E-state index contributed by atoms with van der Waals surface area (Å²) in [4.78, 5) is 11.8. The van der Waals surface area contributed by atoms with Crippen molar-refractivity contribution >= 4 is 29.0 Å². The van der Waals surface area contributed by atoms with Gasteiger partial charge in [0, 0.05) is 11.4 Å². The van der Waals surface area contributed by atoms with Gasteiger partial charge in [-0.25, -0.2) is 4.39 Å². The summed E-state index contributed by atoms with van der Waals surface area (Å²) in [6.07, 6.45) is 0. The van der Waals surface area contributed by atoms with Crippen LogP contribution in [0.5, 0.6) is 0 Å². The molecule has 21 heavy (non-hydrogen) atoms. The van der Waals surface area contributed by atoms with Gasteiger partial charge in [0.25, 0.3) is 0 Å². The lowest BCUT2D eigenvalue weighted by atomic mass is 10.2. The van der Waals surface area contributed by atoms with E-state index >= 15 is 0 Å². The fourth-order valence-electron chi connectivity index (χ4n) is 1.89. The molecule has 0 saturated carbocycles. The van der Waals surface area contributed by atoms with Crippen molar-refractivity contribution in [2.75, 3.05) is 16.8 Å². The number of aryl methyl sites for hydroxylation is 1. The maximum absolute atomic E-state index is 13.5. The number of anilines is 2. The number of nitrogens with one attached hydrogen (secondary N) is 1. The van der Waals surface area contributed by atoms with Gasteiger partial charge in [0.05, 0.1) is 11.4 Å². The molecule has 1 amide bonds. The fourth-order valence-corrected chi connectivity index (χ4v) is 2.66. The number of carbonyl (C=O) groups is 1. The van der Waals surface area contributed by atoms with Crippen LogP contribution in [0.15, 0.2) is 42.5 Å². The Labute approximate surface area is 127 Å². The molecule has 2 aromatic rings. The van der Waals surface area contributed by atoms with Crippen molar-refractivity contribution in [3.05, 3.63) is 59.4 Å². The average molecular weight is 304 g/mol. The Kier molecular flexibility index (Phi) is 5.22. The second kappa shape index (κ2) is 7.13. The molecular weight excluding hydrogens is 287 g/mol. The molecule has 0 radical (unpaired) electrons. The van der Waals surface area contributed by atoms with E-state index in [-0.39, 0.29) is 17.3 Å². The van der Waals surface area contributed by atoms with Gasteiger partial charge in [0.15, 0.2) is 0 Å². The van der Waals surface area contributed by atoms with E-state index in [1.54, 1.807) is 0 Å². The van der Waals surface area contributed by atoms with Crippen molar-refractivity contribution in [3.8, 4) is 0 Å². The average Bonchev–Trinajstić information content (AvgIpc) is 2.43. The minimum absolute atomic E-state index is 0.121. The van der Waals surface area contributed by atoms with E-state index in [1.165, 1.54) is 41.1 Å². The SMILES string of the molecule is Cc1cccc(CSCC(=O)Nc2cc(N)ccc2F)c1. The highest BCUT2D eigenvalue weighted by molar-refractivity contribution is 7.99. The van der Waals surface area contributed by atoms with E-state index in [2.05, 4.69) is 11.4 Å². The first-order valence-electron chi connectivity index (χ1n) is 6.53. The van der Waals surface area contributed by atoms with E-state index < -0.39 is 5.82 Å². The Morgan fingerprint density at radius 2 is 2.10 bits per heavy atom. The summed E-state index contributed by atoms with van der Waals surface area (Å²) in [5, 5.41) is 2.53. The number of hydrogen-bond donors (Lipinski definition) is 2. The van der Waals surface area contributed by atoms with E-state index in [0.29, 0.717) is 5.69 Å². The molecule has 0 unspecified atom stereocenters. The van der Waals surface area contributed by atoms with Crippen LogP contribution in [0, 0.1) is 12.7 Å². The molecule has 0 aliphatic carbocycles. The lowest BCUT2D eigenvalue weighted by Gasteiger charge is -2.07. The van der Waals surface area contributed by atoms with E-state index in [1.807, 2.05) is 25.1 Å². The normalized spacial score (nSPS) is 10.4. The van der Waals surface area contributed by atoms with Gasteiger partial charge in [-0.2, -0.15) is 0 Å². The van der Waals surface area contributed by atoms with Gasteiger partial charge in [-0.15, -0.1) is 11.8 Å². The number of benzene rings is 2. The van der Waals surface area contributed by atoms with Crippen LogP contribution in [0.4, 0.5) is 15.8 Å². The smallest absolute Gasteiger partial charge is 0.234 e. The summed E-state index contributed by atoms with van der Waals surface area (Å²) in [6, 6.07) is 12.2. The summed E-state index contributed by atoms with van der Waals surface area (Å²) >= 11 is 1.49. The largest absolute Gasteiger partial charge is 0.399 e. The Morgan fingerprint density at radius 1 is 1.29 bits per heavy atom. The van der Waals surface area contributed by atoms with Crippen LogP contribution in [-0.2, 0) is 10.5 Å². The molecule has 0 aliphatic heterocycles. The maximum Gasteiger partial charge on any atom is 0.234 e. The van der Waals surface area contributed by atoms with Crippen LogP contribution < -0.4 is 11.1 Å². The van der Waals surface area contributed by atoms with Crippen LogP contribution in [0.3, 0.4) is 0 Å². The summed E-state index contributed by atoms with van der Waals surface area (Å²) in [7, 11) is 0. The quantitative estimate of drug-likeness (QED) is 0.830. The molecule has 2 aromatic carbocycles. The minimum atomic E-state index is -0.485. The molecule has 0 aliphatic rings. The Morgan fingerprint density at radius 3 is 2.86 bits per heavy atom. The van der Waals surface area contributed by atoms with Crippen LogP contribution in [0.2, 0.25) is 0 Å². The van der Waals surface area contributed by atoms with Crippen molar-refractivity contribution in [1.82, 2.24) is 0 Å². The third-order valence-corrected chi connectivity index (χ3v) is 3.85. The molecule has 0 aromatic heterocycles. The zero-order chi connectivity index (χ0) is 15.2. The van der Waals surface area contributed by atoms with Crippen molar-refractivity contribution < 1.29 is 9.18 Å². The van der Waals surface area contributed by atoms with E-state index in [0.717, 1.165) is 5.75 Å². The van der Waals surface area contributed by atoms with E-state index in [4.69, 9.17) is 5.73 Å². The standard InChI is InChI=1S/C16H17FN2OS/c1-11-3-2-4-12(7-11)9-21-10-16(20)19-15-8-13(18)5-6-14(15)17/h2-8H,9-10,18H2,1H3,(H,19,20). The first-order chi connectivity index (χ1) is 10.0. The molecule has 3 nitrogen and oxygen atoms in total. The predicted molar refractivity (Wildman–Crippen MR) is 86.8 cm³/mol. The van der Waals surface area contributed by atoms with Gasteiger partial charge in [0.1, 0.15) is 5.82 Å².